The van der Waals surface area contributed by atoms with Gasteiger partial charge in [0.15, 0.2) is 5.65 Å². The number of benzene rings is 1. The first-order valence-electron chi connectivity index (χ1n) is 12.8. The number of carbonyl (C=O) groups is 1. The normalized spacial score (nSPS) is 16.2. The minimum Gasteiger partial charge on any atom is -0.486 e. The third kappa shape index (κ3) is 5.24. The van der Waals surface area contributed by atoms with E-state index in [2.05, 4.69) is 25.2 Å². The van der Waals surface area contributed by atoms with E-state index in [1.165, 1.54) is 6.20 Å². The van der Waals surface area contributed by atoms with Crippen molar-refractivity contribution in [2.24, 2.45) is 0 Å². The highest BCUT2D eigenvalue weighted by molar-refractivity contribution is 6.04. The topological polar surface area (TPSA) is 97.1 Å². The van der Waals surface area contributed by atoms with Crippen molar-refractivity contribution >= 4 is 28.7 Å². The van der Waals surface area contributed by atoms with Gasteiger partial charge in [0, 0.05) is 31.0 Å². The van der Waals surface area contributed by atoms with Crippen LogP contribution in [0.15, 0.2) is 55.1 Å². The van der Waals surface area contributed by atoms with Crippen molar-refractivity contribution in [2.45, 2.75) is 19.2 Å². The zero-order valence-electron chi connectivity index (χ0n) is 21.6. The molecule has 2 fully saturated rings. The minimum atomic E-state index is -4.56. The molecule has 0 saturated carbocycles. The minimum absolute atomic E-state index is 0.0451. The van der Waals surface area contributed by atoms with Crippen molar-refractivity contribution in [2.75, 3.05) is 54.5 Å². The second-order valence-electron chi connectivity index (χ2n) is 9.72. The molecule has 10 nitrogen and oxygen atoms in total. The Morgan fingerprint density at radius 2 is 1.88 bits per heavy atom. The predicted molar refractivity (Wildman–Crippen MR) is 141 cm³/mol. The summed E-state index contributed by atoms with van der Waals surface area (Å²) in [6.45, 7) is 6.02. The average molecular weight is 554 g/mol. The Morgan fingerprint density at radius 3 is 2.65 bits per heavy atom. The highest BCUT2D eigenvalue weighted by atomic mass is 19.4. The summed E-state index contributed by atoms with van der Waals surface area (Å²) in [6.07, 6.45) is 0.893. The molecule has 2 aliphatic rings. The van der Waals surface area contributed by atoms with Gasteiger partial charge < -0.3 is 24.6 Å². The fourth-order valence-corrected chi connectivity index (χ4v) is 4.66. The van der Waals surface area contributed by atoms with Crippen LogP contribution in [-0.2, 0) is 10.9 Å². The number of fused-ring (bicyclic) bond motifs is 1. The molecule has 2 aliphatic heterocycles. The molecule has 1 amide bonds. The Morgan fingerprint density at radius 1 is 1.07 bits per heavy atom. The predicted octanol–water partition coefficient (Wildman–Crippen LogP) is 3.81. The van der Waals surface area contributed by atoms with Crippen LogP contribution in [-0.4, -0.2) is 71.0 Å². The zero-order valence-corrected chi connectivity index (χ0v) is 21.6. The molecule has 3 aromatic heterocycles. The van der Waals surface area contributed by atoms with Gasteiger partial charge in [0.2, 0.25) is 0 Å². The number of alkyl halides is 3. The maximum absolute atomic E-state index is 13.0. The van der Waals surface area contributed by atoms with Crippen LogP contribution in [0, 0.1) is 6.92 Å². The number of amides is 1. The molecule has 5 heterocycles. The molecule has 40 heavy (non-hydrogen) atoms. The molecule has 1 aromatic carbocycles. The fraction of sp³-hybridized carbons (Fsp3) is 0.333. The lowest BCUT2D eigenvalue weighted by atomic mass is 10.1. The van der Waals surface area contributed by atoms with Crippen LogP contribution in [0.5, 0.6) is 5.75 Å². The lowest BCUT2D eigenvalue weighted by molar-refractivity contribution is -0.137. The van der Waals surface area contributed by atoms with Gasteiger partial charge in [-0.3, -0.25) is 9.78 Å². The average Bonchev–Trinajstić information content (AvgIpc) is 3.34. The van der Waals surface area contributed by atoms with Crippen molar-refractivity contribution in [3.8, 4) is 5.75 Å². The summed E-state index contributed by atoms with van der Waals surface area (Å²) in [4.78, 5) is 25.5. The van der Waals surface area contributed by atoms with Gasteiger partial charge in [0.25, 0.3) is 5.91 Å². The van der Waals surface area contributed by atoms with E-state index in [-0.39, 0.29) is 17.4 Å². The summed E-state index contributed by atoms with van der Waals surface area (Å²) in [7, 11) is 0. The van der Waals surface area contributed by atoms with Crippen LogP contribution in [0.4, 0.5) is 30.4 Å². The lowest BCUT2D eigenvalue weighted by Crippen LogP contribution is -2.54. The van der Waals surface area contributed by atoms with E-state index < -0.39 is 17.6 Å². The summed E-state index contributed by atoms with van der Waals surface area (Å²) in [6, 6.07) is 7.74. The SMILES string of the molecule is Cc1ccc(C(=O)Nc2cncc(C(F)(F)F)c2)cc1OC1CN(c2cnn3ccc(N4CCOCC4)nc23)C1. The molecule has 6 rings (SSSR count). The van der Waals surface area contributed by atoms with E-state index in [0.29, 0.717) is 38.2 Å². The maximum Gasteiger partial charge on any atom is 0.417 e. The van der Waals surface area contributed by atoms with E-state index in [0.717, 1.165) is 41.9 Å². The van der Waals surface area contributed by atoms with Crippen molar-refractivity contribution in [1.82, 2.24) is 19.6 Å². The summed E-state index contributed by atoms with van der Waals surface area (Å²) >= 11 is 0. The number of rotatable bonds is 6. The van der Waals surface area contributed by atoms with Gasteiger partial charge in [-0.25, -0.2) is 9.50 Å². The van der Waals surface area contributed by atoms with Crippen LogP contribution in [0.25, 0.3) is 5.65 Å². The number of hydrogen-bond donors (Lipinski definition) is 1. The van der Waals surface area contributed by atoms with Crippen LogP contribution >= 0.6 is 0 Å². The molecular weight excluding hydrogens is 527 g/mol. The Hall–Kier alpha value is -4.39. The number of hydrogen-bond acceptors (Lipinski definition) is 8. The van der Waals surface area contributed by atoms with Gasteiger partial charge in [-0.2, -0.15) is 18.3 Å². The molecule has 1 N–H and O–H groups in total. The molecule has 0 radical (unpaired) electrons. The number of aromatic nitrogens is 4. The molecule has 0 aliphatic carbocycles. The van der Waals surface area contributed by atoms with E-state index in [4.69, 9.17) is 14.5 Å². The van der Waals surface area contributed by atoms with Gasteiger partial charge >= 0.3 is 6.18 Å². The summed E-state index contributed by atoms with van der Waals surface area (Å²) in [5.74, 6) is 0.860. The number of nitrogens with one attached hydrogen (secondary N) is 1. The number of aryl methyl sites for hydroxylation is 1. The molecule has 0 unspecified atom stereocenters. The zero-order chi connectivity index (χ0) is 27.9. The summed E-state index contributed by atoms with van der Waals surface area (Å²) < 4.78 is 52.4. The number of carbonyl (C=O) groups excluding carboxylic acids is 1. The van der Waals surface area contributed by atoms with Gasteiger partial charge in [0.05, 0.1) is 49.9 Å². The molecular formula is C27H26F3N7O3. The second-order valence-corrected chi connectivity index (χ2v) is 9.72. The number of anilines is 3. The number of morpholine rings is 1. The van der Waals surface area contributed by atoms with E-state index >= 15 is 0 Å². The summed E-state index contributed by atoms with van der Waals surface area (Å²) in [5.41, 5.74) is 1.79. The molecule has 13 heteroatoms. The van der Waals surface area contributed by atoms with Crippen LogP contribution in [0.2, 0.25) is 0 Å². The number of nitrogens with zero attached hydrogens (tertiary/aromatic N) is 6. The second kappa shape index (κ2) is 10.3. The quantitative estimate of drug-likeness (QED) is 0.385. The lowest BCUT2D eigenvalue weighted by Gasteiger charge is -2.40. The van der Waals surface area contributed by atoms with Gasteiger partial charge in [-0.15, -0.1) is 0 Å². The van der Waals surface area contributed by atoms with Crippen LogP contribution in [0.1, 0.15) is 21.5 Å². The van der Waals surface area contributed by atoms with E-state index in [1.54, 1.807) is 28.9 Å². The molecule has 4 aromatic rings. The number of ether oxygens (including phenoxy) is 2. The van der Waals surface area contributed by atoms with Crippen LogP contribution in [0.3, 0.4) is 0 Å². The maximum atomic E-state index is 13.0. The summed E-state index contributed by atoms with van der Waals surface area (Å²) in [5, 5.41) is 6.91. The molecule has 208 valence electrons. The largest absolute Gasteiger partial charge is 0.486 e. The number of halogens is 3. The molecule has 2 saturated heterocycles. The van der Waals surface area contributed by atoms with Crippen molar-refractivity contribution < 1.29 is 27.4 Å². The Bertz CT molecular complexity index is 1550. The smallest absolute Gasteiger partial charge is 0.417 e. The third-order valence-electron chi connectivity index (χ3n) is 6.93. The molecule has 0 spiro atoms. The highest BCUT2D eigenvalue weighted by Crippen LogP contribution is 2.31. The van der Waals surface area contributed by atoms with E-state index in [1.807, 2.05) is 19.2 Å². The number of pyridine rings is 1. The first-order valence-corrected chi connectivity index (χ1v) is 12.8. The monoisotopic (exact) mass is 553 g/mol. The van der Waals surface area contributed by atoms with Crippen molar-refractivity contribution in [1.29, 1.82) is 0 Å². The van der Waals surface area contributed by atoms with Crippen LogP contribution < -0.4 is 19.9 Å². The van der Waals surface area contributed by atoms with Crippen molar-refractivity contribution in [3.05, 3.63) is 71.8 Å². The fourth-order valence-electron chi connectivity index (χ4n) is 4.66. The van der Waals surface area contributed by atoms with Gasteiger partial charge in [-0.1, -0.05) is 6.07 Å². The third-order valence-corrected chi connectivity index (χ3v) is 6.93. The van der Waals surface area contributed by atoms with E-state index in [9.17, 15) is 18.0 Å². The van der Waals surface area contributed by atoms with Crippen molar-refractivity contribution in [3.63, 3.8) is 0 Å². The highest BCUT2D eigenvalue weighted by Gasteiger charge is 2.33. The standard InChI is InChI=1S/C27H26F3N7O3/c1-17-2-3-18(26(38)33-20-11-19(12-31-13-20)27(28,29)30)10-23(17)40-21-15-36(16-21)22-14-32-37-5-4-24(34-25(22)37)35-6-8-39-9-7-35/h2-5,10-14,21H,6-9,15-16H2,1H3,(H,33,38). The first-order chi connectivity index (χ1) is 19.2. The van der Waals surface area contributed by atoms with Gasteiger partial charge in [0.1, 0.15) is 23.4 Å². The van der Waals surface area contributed by atoms with Gasteiger partial charge in [-0.05, 0) is 36.8 Å². The Kier molecular flexibility index (Phi) is 6.66. The molecule has 0 atom stereocenters. The Balaban J connectivity index is 1.11. The molecule has 0 bridgehead atoms. The Labute approximate surface area is 227 Å². The first kappa shape index (κ1) is 25.9.